The van der Waals surface area contributed by atoms with Gasteiger partial charge in [-0.25, -0.2) is 0 Å². The van der Waals surface area contributed by atoms with Crippen molar-refractivity contribution in [3.8, 4) is 0 Å². The van der Waals surface area contributed by atoms with Gasteiger partial charge in [-0.05, 0) is 52.7 Å². The summed E-state index contributed by atoms with van der Waals surface area (Å²) in [6.07, 6.45) is 19.9. The fourth-order valence-electron chi connectivity index (χ4n) is 5.39. The van der Waals surface area contributed by atoms with Gasteiger partial charge >= 0.3 is 0 Å². The molecule has 0 fully saturated rings. The first-order valence-corrected chi connectivity index (χ1v) is 19.3. The van der Waals surface area contributed by atoms with Gasteiger partial charge in [-0.3, -0.25) is 0 Å². The number of hydrogen-bond acceptors (Lipinski definition) is 2. The van der Waals surface area contributed by atoms with E-state index < -0.39 is 0 Å². The summed E-state index contributed by atoms with van der Waals surface area (Å²) in [5.41, 5.74) is 10.2. The van der Waals surface area contributed by atoms with Crippen LogP contribution in [0, 0.1) is 0 Å². The maximum Gasteiger partial charge on any atom is 0.184 e. The fourth-order valence-corrected chi connectivity index (χ4v) is 5.39. The minimum absolute atomic E-state index is 0. The van der Waals surface area contributed by atoms with Crippen molar-refractivity contribution >= 4 is 35.7 Å². The van der Waals surface area contributed by atoms with Gasteiger partial charge in [-0.15, -0.1) is 0 Å². The minimum atomic E-state index is 0. The van der Waals surface area contributed by atoms with E-state index in [0.29, 0.717) is 0 Å². The van der Waals surface area contributed by atoms with Gasteiger partial charge in [-0.2, -0.15) is 0 Å². The van der Waals surface area contributed by atoms with Gasteiger partial charge in [0.25, 0.3) is 0 Å². The molecule has 0 amide bonds. The highest BCUT2D eigenvalue weighted by molar-refractivity contribution is 6.77. The molecule has 3 aromatic rings. The molecule has 4 aliphatic rings. The number of hydrogen-bond donors (Lipinski definition) is 0. The Morgan fingerprint density at radius 1 is 0.480 bits per heavy atom. The monoisotopic (exact) mass is 685 g/mol. The fraction of sp³-hybridized carbons (Fsp3) is 0.532. The molecule has 2 heterocycles. The second kappa shape index (κ2) is 33.0. The minimum Gasteiger partial charge on any atom is -0.376 e. The van der Waals surface area contributed by atoms with E-state index in [1.807, 2.05) is 0 Å². The summed E-state index contributed by atoms with van der Waals surface area (Å²) in [7, 11) is 4.42. The van der Waals surface area contributed by atoms with Gasteiger partial charge in [-0.1, -0.05) is 208 Å². The molecule has 2 aliphatic carbocycles. The SMILES string of the molecule is C.C.C1=Cc2ccccc2C1.C1=Cc2ccccc2C1.CCC.CCC.CCC.CCC.CCC.CN1CCB2CCN(C)c3cccc1c32. The van der Waals surface area contributed by atoms with E-state index >= 15 is 0 Å². The molecule has 282 valence electrons. The quantitative estimate of drug-likeness (QED) is 0.218. The third kappa shape index (κ3) is 19.3. The second-order valence-electron chi connectivity index (χ2n) is 13.0. The molecule has 2 aliphatic heterocycles. The largest absolute Gasteiger partial charge is 0.376 e. The van der Waals surface area contributed by atoms with Crippen molar-refractivity contribution < 1.29 is 0 Å². The van der Waals surface area contributed by atoms with Crippen LogP contribution in [0.4, 0.5) is 11.4 Å². The van der Waals surface area contributed by atoms with Gasteiger partial charge in [0.05, 0.1) is 0 Å². The van der Waals surface area contributed by atoms with Gasteiger partial charge in [0.1, 0.15) is 0 Å². The predicted octanol–water partition coefficient (Wildman–Crippen LogP) is 14.2. The number of anilines is 2. The Morgan fingerprint density at radius 2 is 0.800 bits per heavy atom. The summed E-state index contributed by atoms with van der Waals surface area (Å²) >= 11 is 0. The van der Waals surface area contributed by atoms with Crippen LogP contribution in [0.3, 0.4) is 0 Å². The van der Waals surface area contributed by atoms with Crippen LogP contribution in [0.25, 0.3) is 12.2 Å². The van der Waals surface area contributed by atoms with Crippen LogP contribution in [0.15, 0.2) is 78.9 Å². The van der Waals surface area contributed by atoms with E-state index in [-0.39, 0.29) is 14.9 Å². The molecule has 7 rings (SSSR count). The highest BCUT2D eigenvalue weighted by Gasteiger charge is 2.32. The Morgan fingerprint density at radius 3 is 1.12 bits per heavy atom. The normalized spacial score (nSPS) is 12.5. The zero-order valence-corrected chi connectivity index (χ0v) is 33.4. The lowest BCUT2D eigenvalue weighted by Crippen LogP contribution is -2.50. The maximum absolute atomic E-state index is 2.40. The lowest BCUT2D eigenvalue weighted by atomic mass is 9.37. The Balaban J connectivity index is -0.000000558. The van der Waals surface area contributed by atoms with Crippen molar-refractivity contribution in [2.45, 2.75) is 142 Å². The molecular weight excluding hydrogens is 603 g/mol. The van der Waals surface area contributed by atoms with Gasteiger partial charge in [0.2, 0.25) is 0 Å². The average molecular weight is 685 g/mol. The first-order chi connectivity index (χ1) is 23.3. The van der Waals surface area contributed by atoms with Crippen molar-refractivity contribution in [1.29, 1.82) is 0 Å². The molecule has 0 bridgehead atoms. The molecule has 0 atom stereocenters. The molecule has 0 saturated carbocycles. The van der Waals surface area contributed by atoms with E-state index in [1.54, 1.807) is 5.46 Å². The molecule has 2 nitrogen and oxygen atoms in total. The zero-order valence-electron chi connectivity index (χ0n) is 33.4. The summed E-state index contributed by atoms with van der Waals surface area (Å²) in [5, 5.41) is 0. The summed E-state index contributed by atoms with van der Waals surface area (Å²) in [6.45, 7) is 24.5. The number of allylic oxidation sites excluding steroid dienone is 2. The Hall–Kier alpha value is -3.20. The summed E-state index contributed by atoms with van der Waals surface area (Å²) in [4.78, 5) is 4.79. The lowest BCUT2D eigenvalue weighted by Gasteiger charge is -2.39. The molecule has 0 spiro atoms. The van der Waals surface area contributed by atoms with Crippen molar-refractivity contribution in [1.82, 2.24) is 0 Å². The van der Waals surface area contributed by atoms with Crippen LogP contribution in [0.1, 0.15) is 138 Å². The van der Waals surface area contributed by atoms with Crippen LogP contribution in [-0.4, -0.2) is 33.9 Å². The van der Waals surface area contributed by atoms with E-state index in [4.69, 9.17) is 0 Å². The molecule has 3 aromatic carbocycles. The van der Waals surface area contributed by atoms with Gasteiger partial charge < -0.3 is 9.80 Å². The predicted molar refractivity (Wildman–Crippen MR) is 240 cm³/mol. The van der Waals surface area contributed by atoms with Crippen molar-refractivity contribution in [2.75, 3.05) is 37.0 Å². The molecule has 50 heavy (non-hydrogen) atoms. The number of nitrogens with zero attached hydrogens (tertiary/aromatic N) is 2. The highest BCUT2D eigenvalue weighted by Crippen LogP contribution is 2.29. The van der Waals surface area contributed by atoms with E-state index in [9.17, 15) is 0 Å². The number of fused-ring (bicyclic) bond motifs is 2. The van der Waals surface area contributed by atoms with Crippen molar-refractivity contribution in [3.05, 3.63) is 101 Å². The van der Waals surface area contributed by atoms with Crippen LogP contribution in [0.2, 0.25) is 12.6 Å². The third-order valence-electron chi connectivity index (χ3n) is 7.30. The molecular formula is C47H81BN2. The topological polar surface area (TPSA) is 6.48 Å². The standard InChI is InChI=1S/C12H17BN2.2C9H8.5C3H8.2CH4/c1-14-8-6-13-7-9-15(2)11-5-3-4-10(14)12(11)13;2*1-2-5-9-7-3-6-8(9)4-1;5*1-3-2;;/h3-5H,6-9H2,1-2H3;2*1-6H,7H2;5*3H2,1-2H3;2*1H4. The zero-order chi connectivity index (χ0) is 36.2. The molecule has 0 saturated heterocycles. The first-order valence-electron chi connectivity index (χ1n) is 19.3. The van der Waals surface area contributed by atoms with Crippen molar-refractivity contribution in [2.24, 2.45) is 0 Å². The smallest absolute Gasteiger partial charge is 0.184 e. The molecule has 0 N–H and O–H groups in total. The molecule has 3 heteroatoms. The van der Waals surface area contributed by atoms with E-state index in [0.717, 1.165) is 19.6 Å². The number of rotatable bonds is 0. The lowest BCUT2D eigenvalue weighted by molar-refractivity contribution is 0.897. The molecule has 0 unspecified atom stereocenters. The molecule has 0 aromatic heterocycles. The van der Waals surface area contributed by atoms with Crippen LogP contribution in [-0.2, 0) is 12.8 Å². The van der Waals surface area contributed by atoms with E-state index in [2.05, 4.69) is 184 Å². The second-order valence-corrected chi connectivity index (χ2v) is 13.0. The van der Waals surface area contributed by atoms with Gasteiger partial charge in [0.15, 0.2) is 6.71 Å². The van der Waals surface area contributed by atoms with E-state index in [1.165, 1.54) is 91.5 Å². The van der Waals surface area contributed by atoms with Gasteiger partial charge in [0, 0.05) is 38.6 Å². The van der Waals surface area contributed by atoms with Crippen molar-refractivity contribution in [3.63, 3.8) is 0 Å². The first kappa shape index (κ1) is 51.2. The Labute approximate surface area is 314 Å². The van der Waals surface area contributed by atoms with Crippen LogP contribution >= 0.6 is 0 Å². The highest BCUT2D eigenvalue weighted by atomic mass is 15.1. The Kier molecular flexibility index (Phi) is 33.8. The summed E-state index contributed by atoms with van der Waals surface area (Å²) in [6, 6.07) is 23.7. The molecule has 0 radical (unpaired) electrons. The summed E-state index contributed by atoms with van der Waals surface area (Å²) < 4.78 is 0. The van der Waals surface area contributed by atoms with Crippen LogP contribution < -0.4 is 15.3 Å². The maximum atomic E-state index is 2.40. The van der Waals surface area contributed by atoms with Crippen LogP contribution in [0.5, 0.6) is 0 Å². The number of benzene rings is 3. The average Bonchev–Trinajstić information content (AvgIpc) is 3.77. The summed E-state index contributed by atoms with van der Waals surface area (Å²) in [5.74, 6) is 0. The third-order valence-corrected chi connectivity index (χ3v) is 7.30. The Bertz CT molecular complexity index is 1160.